The summed E-state index contributed by atoms with van der Waals surface area (Å²) in [5.41, 5.74) is 7.00. The molecule has 0 unspecified atom stereocenters. The fourth-order valence-electron chi connectivity index (χ4n) is 3.02. The third kappa shape index (κ3) is 4.50. The van der Waals surface area contributed by atoms with E-state index in [1.807, 2.05) is 11.9 Å². The second kappa shape index (κ2) is 8.73. The van der Waals surface area contributed by atoms with Gasteiger partial charge in [-0.25, -0.2) is 4.98 Å². The molecule has 4 N–H and O–H groups in total. The first kappa shape index (κ1) is 18.3. The minimum atomic E-state index is -0.108. The molecule has 1 amide bonds. The summed E-state index contributed by atoms with van der Waals surface area (Å²) in [6.45, 7) is 1.20. The van der Waals surface area contributed by atoms with Crippen LogP contribution in [0.2, 0.25) is 0 Å². The monoisotopic (exact) mass is 335 g/mol. The highest BCUT2D eigenvalue weighted by Crippen LogP contribution is 2.26. The molecule has 1 heterocycles. The molecular formula is C17H29N5O2. The maximum Gasteiger partial charge on any atom is 0.255 e. The van der Waals surface area contributed by atoms with Crippen LogP contribution in [0.1, 0.15) is 42.5 Å². The number of nitrogen functional groups attached to an aromatic ring is 1. The smallest absolute Gasteiger partial charge is 0.255 e. The van der Waals surface area contributed by atoms with E-state index in [4.69, 9.17) is 10.5 Å². The highest BCUT2D eigenvalue weighted by Gasteiger charge is 2.22. The summed E-state index contributed by atoms with van der Waals surface area (Å²) in [7, 11) is 5.31. The number of anilines is 3. The number of amides is 1. The molecule has 0 saturated heterocycles. The Morgan fingerprint density at radius 2 is 2.12 bits per heavy atom. The van der Waals surface area contributed by atoms with Gasteiger partial charge in [0.05, 0.1) is 17.9 Å². The van der Waals surface area contributed by atoms with Crippen LogP contribution in [-0.2, 0) is 4.74 Å². The van der Waals surface area contributed by atoms with Gasteiger partial charge in [-0.05, 0) is 18.9 Å². The molecule has 134 valence electrons. The van der Waals surface area contributed by atoms with Crippen molar-refractivity contribution in [3.8, 4) is 0 Å². The van der Waals surface area contributed by atoms with Crippen LogP contribution < -0.4 is 21.3 Å². The molecule has 1 aliphatic rings. The van der Waals surface area contributed by atoms with Crippen molar-refractivity contribution in [3.63, 3.8) is 0 Å². The lowest BCUT2D eigenvalue weighted by Gasteiger charge is -2.25. The zero-order chi connectivity index (χ0) is 17.5. The summed E-state index contributed by atoms with van der Waals surface area (Å²) in [4.78, 5) is 19.2. The number of hydrogen-bond donors (Lipinski definition) is 3. The second-order valence-electron chi connectivity index (χ2n) is 6.27. The summed E-state index contributed by atoms with van der Waals surface area (Å²) in [6, 6.07) is 1.95. The van der Waals surface area contributed by atoms with E-state index in [0.29, 0.717) is 36.0 Å². The average molecular weight is 335 g/mol. The highest BCUT2D eigenvalue weighted by atomic mass is 16.5. The van der Waals surface area contributed by atoms with Crippen LogP contribution in [0.4, 0.5) is 17.3 Å². The van der Waals surface area contributed by atoms with Crippen LogP contribution in [0, 0.1) is 0 Å². The number of methoxy groups -OCH3 is 1. The van der Waals surface area contributed by atoms with Crippen molar-refractivity contribution >= 4 is 23.2 Å². The van der Waals surface area contributed by atoms with E-state index >= 15 is 0 Å². The molecule has 0 aromatic carbocycles. The van der Waals surface area contributed by atoms with Crippen LogP contribution in [-0.4, -0.2) is 51.3 Å². The number of pyridine rings is 1. The van der Waals surface area contributed by atoms with Gasteiger partial charge in [-0.15, -0.1) is 0 Å². The number of carbonyl (C=O) groups is 1. The first-order valence-electron chi connectivity index (χ1n) is 8.56. The Kier molecular flexibility index (Phi) is 6.66. The van der Waals surface area contributed by atoms with Crippen molar-refractivity contribution in [2.24, 2.45) is 0 Å². The fourth-order valence-corrected chi connectivity index (χ4v) is 3.02. The third-order valence-corrected chi connectivity index (χ3v) is 4.45. The third-order valence-electron chi connectivity index (χ3n) is 4.45. The van der Waals surface area contributed by atoms with Gasteiger partial charge in [0, 0.05) is 33.8 Å². The maximum absolute atomic E-state index is 12.8. The van der Waals surface area contributed by atoms with Gasteiger partial charge in [0.1, 0.15) is 5.82 Å². The van der Waals surface area contributed by atoms with E-state index in [9.17, 15) is 4.79 Å². The van der Waals surface area contributed by atoms with Crippen LogP contribution in [0.3, 0.4) is 0 Å². The standard InChI is InChI=1S/C17H29N5O2/c1-19-15-14(18)11-13(16(21-15)22(2)9-10-24-3)17(23)20-12-7-5-4-6-8-12/h11-12H,4-10,18H2,1-3H3,(H,19,21)(H,20,23). The number of nitrogens with one attached hydrogen (secondary N) is 2. The summed E-state index contributed by atoms with van der Waals surface area (Å²) >= 11 is 0. The normalized spacial score (nSPS) is 15.1. The lowest BCUT2D eigenvalue weighted by molar-refractivity contribution is 0.0928. The van der Waals surface area contributed by atoms with Gasteiger partial charge in [0.15, 0.2) is 5.82 Å². The zero-order valence-corrected chi connectivity index (χ0v) is 14.9. The molecule has 0 atom stereocenters. The first-order chi connectivity index (χ1) is 11.6. The first-order valence-corrected chi connectivity index (χ1v) is 8.56. The number of nitrogens with zero attached hydrogens (tertiary/aromatic N) is 2. The lowest BCUT2D eigenvalue weighted by Crippen LogP contribution is -2.37. The van der Waals surface area contributed by atoms with Crippen LogP contribution in [0.5, 0.6) is 0 Å². The Morgan fingerprint density at radius 1 is 1.42 bits per heavy atom. The van der Waals surface area contributed by atoms with Gasteiger partial charge in [-0.1, -0.05) is 19.3 Å². The van der Waals surface area contributed by atoms with Gasteiger partial charge in [0.2, 0.25) is 0 Å². The molecule has 1 aliphatic carbocycles. The van der Waals surface area contributed by atoms with E-state index in [0.717, 1.165) is 12.8 Å². The average Bonchev–Trinajstić information content (AvgIpc) is 2.60. The molecule has 0 aliphatic heterocycles. The van der Waals surface area contributed by atoms with E-state index < -0.39 is 0 Å². The summed E-state index contributed by atoms with van der Waals surface area (Å²) in [5.74, 6) is 1.07. The van der Waals surface area contributed by atoms with Gasteiger partial charge >= 0.3 is 0 Å². The molecule has 24 heavy (non-hydrogen) atoms. The van der Waals surface area contributed by atoms with Crippen molar-refractivity contribution in [2.75, 3.05) is 50.3 Å². The SMILES string of the molecule is CNc1nc(N(C)CCOC)c(C(=O)NC2CCCCC2)cc1N. The predicted octanol–water partition coefficient (Wildman–Crippen LogP) is 1.85. The number of carbonyl (C=O) groups excluding carboxylic acids is 1. The zero-order valence-electron chi connectivity index (χ0n) is 14.9. The lowest BCUT2D eigenvalue weighted by atomic mass is 9.95. The number of aromatic nitrogens is 1. The molecule has 1 aromatic heterocycles. The van der Waals surface area contributed by atoms with E-state index in [-0.39, 0.29) is 11.9 Å². The summed E-state index contributed by atoms with van der Waals surface area (Å²) < 4.78 is 5.13. The molecule has 2 rings (SSSR count). The number of likely N-dealkylation sites (N-methyl/N-ethyl adjacent to an activating group) is 1. The molecule has 0 bridgehead atoms. The minimum Gasteiger partial charge on any atom is -0.396 e. The van der Waals surface area contributed by atoms with Crippen molar-refractivity contribution in [2.45, 2.75) is 38.1 Å². The topological polar surface area (TPSA) is 92.5 Å². The number of hydrogen-bond acceptors (Lipinski definition) is 6. The van der Waals surface area contributed by atoms with Crippen molar-refractivity contribution < 1.29 is 9.53 Å². The molecule has 0 radical (unpaired) electrons. The largest absolute Gasteiger partial charge is 0.396 e. The molecule has 0 spiro atoms. The van der Waals surface area contributed by atoms with Crippen LogP contribution >= 0.6 is 0 Å². The van der Waals surface area contributed by atoms with Crippen LogP contribution in [0.15, 0.2) is 6.07 Å². The fraction of sp³-hybridized carbons (Fsp3) is 0.647. The summed E-state index contributed by atoms with van der Waals surface area (Å²) in [5, 5.41) is 6.11. The predicted molar refractivity (Wildman–Crippen MR) is 97.7 cm³/mol. The van der Waals surface area contributed by atoms with Gasteiger partial charge in [-0.3, -0.25) is 4.79 Å². The molecule has 1 aromatic rings. The van der Waals surface area contributed by atoms with Crippen LogP contribution in [0.25, 0.3) is 0 Å². The van der Waals surface area contributed by atoms with E-state index in [1.54, 1.807) is 20.2 Å². The minimum absolute atomic E-state index is 0.108. The molecular weight excluding hydrogens is 306 g/mol. The summed E-state index contributed by atoms with van der Waals surface area (Å²) in [6.07, 6.45) is 5.67. The highest BCUT2D eigenvalue weighted by molar-refractivity contribution is 6.00. The Bertz CT molecular complexity index is 558. The Morgan fingerprint density at radius 3 is 2.75 bits per heavy atom. The number of nitrogens with two attached hydrogens (primary N) is 1. The van der Waals surface area contributed by atoms with E-state index in [1.165, 1.54) is 19.3 Å². The maximum atomic E-state index is 12.8. The van der Waals surface area contributed by atoms with Crippen molar-refractivity contribution in [3.05, 3.63) is 11.6 Å². The Balaban J connectivity index is 2.24. The van der Waals surface area contributed by atoms with Crippen molar-refractivity contribution in [1.82, 2.24) is 10.3 Å². The van der Waals surface area contributed by atoms with Gasteiger partial charge in [0.25, 0.3) is 5.91 Å². The van der Waals surface area contributed by atoms with Gasteiger partial charge < -0.3 is 26.0 Å². The Labute approximate surface area is 143 Å². The number of ether oxygens (including phenoxy) is 1. The molecule has 1 fully saturated rings. The number of rotatable bonds is 7. The van der Waals surface area contributed by atoms with Gasteiger partial charge in [-0.2, -0.15) is 0 Å². The van der Waals surface area contributed by atoms with E-state index in [2.05, 4.69) is 15.6 Å². The molecule has 7 heteroatoms. The Hall–Kier alpha value is -2.02. The quantitative estimate of drug-likeness (QED) is 0.704. The van der Waals surface area contributed by atoms with Crippen molar-refractivity contribution in [1.29, 1.82) is 0 Å². The second-order valence-corrected chi connectivity index (χ2v) is 6.27. The molecule has 1 saturated carbocycles. The molecule has 7 nitrogen and oxygen atoms in total.